The Morgan fingerprint density at radius 2 is 1.79 bits per heavy atom. The van der Waals surface area contributed by atoms with Crippen LogP contribution in [0.4, 0.5) is 0 Å². The van der Waals surface area contributed by atoms with Gasteiger partial charge in [0.05, 0.1) is 26.2 Å². The summed E-state index contributed by atoms with van der Waals surface area (Å²) in [5.41, 5.74) is 0. The first kappa shape index (κ1) is 19.4. The zero-order valence-electron chi connectivity index (χ0n) is 10.8. The fourth-order valence-corrected chi connectivity index (χ4v) is 0.571. The Hall–Kier alpha value is -1.92. The molecule has 19 heavy (non-hydrogen) atoms. The molecule has 1 atom stereocenters. The van der Waals surface area contributed by atoms with Gasteiger partial charge in [-0.25, -0.2) is 4.79 Å². The van der Waals surface area contributed by atoms with Crippen molar-refractivity contribution in [3.05, 3.63) is 38.0 Å². The summed E-state index contributed by atoms with van der Waals surface area (Å²) in [5, 5.41) is 15.4. The van der Waals surface area contributed by atoms with E-state index >= 15 is 0 Å². The summed E-state index contributed by atoms with van der Waals surface area (Å²) in [6.45, 7) is 11.9. The van der Waals surface area contributed by atoms with Gasteiger partial charge in [0.1, 0.15) is 6.10 Å². The Labute approximate surface area is 112 Å². The lowest BCUT2D eigenvalue weighted by atomic mass is 10.4. The predicted molar refractivity (Wildman–Crippen MR) is 71.0 cm³/mol. The van der Waals surface area contributed by atoms with Gasteiger partial charge in [0.2, 0.25) is 0 Å². The molecular weight excluding hydrogens is 252 g/mol. The van der Waals surface area contributed by atoms with Crippen molar-refractivity contribution in [3.63, 3.8) is 0 Å². The van der Waals surface area contributed by atoms with Crippen LogP contribution in [0.3, 0.4) is 0 Å². The predicted octanol–water partition coefficient (Wildman–Crippen LogP) is 1.49. The fraction of sp³-hybridized carbons (Fsp3) is 0.385. The van der Waals surface area contributed by atoms with Gasteiger partial charge in [0, 0.05) is 6.08 Å². The first-order valence-corrected chi connectivity index (χ1v) is 5.46. The van der Waals surface area contributed by atoms with Crippen LogP contribution < -0.4 is 0 Å². The van der Waals surface area contributed by atoms with Crippen molar-refractivity contribution in [2.45, 2.75) is 12.5 Å². The number of hydrogen-bond donors (Lipinski definition) is 2. The summed E-state index contributed by atoms with van der Waals surface area (Å²) in [6, 6.07) is 0. The zero-order chi connectivity index (χ0) is 15.1. The van der Waals surface area contributed by atoms with E-state index in [1.807, 2.05) is 0 Å². The van der Waals surface area contributed by atoms with Crippen molar-refractivity contribution in [1.82, 2.24) is 0 Å². The fourth-order valence-electron chi connectivity index (χ4n) is 0.571. The topological polar surface area (TPSA) is 96.4 Å². The first-order chi connectivity index (χ1) is 8.97. The monoisotopic (exact) mass is 272 g/mol. The molecule has 1 heterocycles. The summed E-state index contributed by atoms with van der Waals surface area (Å²) in [7, 11) is 0. The number of carboxylic acids is 2. The van der Waals surface area contributed by atoms with E-state index < -0.39 is 11.9 Å². The molecule has 0 aliphatic carbocycles. The third-order valence-corrected chi connectivity index (χ3v) is 1.44. The van der Waals surface area contributed by atoms with Crippen LogP contribution in [0.2, 0.25) is 0 Å². The molecule has 0 bridgehead atoms. The van der Waals surface area contributed by atoms with E-state index in [4.69, 9.17) is 19.7 Å². The maximum Gasteiger partial charge on any atom is 0.327 e. The Balaban J connectivity index is 0. The molecule has 1 fully saturated rings. The van der Waals surface area contributed by atoms with Crippen LogP contribution in [0.1, 0.15) is 6.42 Å². The minimum absolute atomic E-state index is 0.0556. The van der Waals surface area contributed by atoms with Crippen LogP contribution in [0.25, 0.3) is 0 Å². The maximum absolute atomic E-state index is 9.53. The molecule has 1 rings (SSSR count). The minimum Gasteiger partial charge on any atom is -0.481 e. The van der Waals surface area contributed by atoms with Crippen LogP contribution in [0.15, 0.2) is 38.0 Å². The van der Waals surface area contributed by atoms with E-state index in [2.05, 4.69) is 19.7 Å². The van der Waals surface area contributed by atoms with E-state index in [9.17, 15) is 9.59 Å². The minimum atomic E-state index is -0.981. The van der Waals surface area contributed by atoms with Gasteiger partial charge in [-0.05, 0) is 0 Å². The molecule has 1 aliphatic heterocycles. The Bertz CT molecular complexity index is 294. The van der Waals surface area contributed by atoms with Crippen molar-refractivity contribution in [2.75, 3.05) is 19.8 Å². The quantitative estimate of drug-likeness (QED) is 0.315. The van der Waals surface area contributed by atoms with Crippen LogP contribution >= 0.6 is 0 Å². The van der Waals surface area contributed by atoms with Crippen molar-refractivity contribution in [2.24, 2.45) is 0 Å². The van der Waals surface area contributed by atoms with Crippen molar-refractivity contribution >= 4 is 11.9 Å². The average Bonchev–Trinajstić information content (AvgIpc) is 3.15. The second-order valence-corrected chi connectivity index (χ2v) is 3.21. The summed E-state index contributed by atoms with van der Waals surface area (Å²) in [4.78, 5) is 18.8. The number of epoxide rings is 1. The zero-order valence-corrected chi connectivity index (χ0v) is 10.8. The first-order valence-electron chi connectivity index (χ1n) is 5.46. The molecule has 0 aromatic heterocycles. The molecule has 0 aromatic carbocycles. The van der Waals surface area contributed by atoms with Crippen molar-refractivity contribution in [1.29, 1.82) is 0 Å². The van der Waals surface area contributed by atoms with Gasteiger partial charge < -0.3 is 19.7 Å². The number of carboxylic acid groups (broad SMARTS) is 2. The molecule has 0 saturated carbocycles. The summed E-state index contributed by atoms with van der Waals surface area (Å²) < 4.78 is 9.96. The van der Waals surface area contributed by atoms with Crippen LogP contribution in [0, 0.1) is 0 Å². The molecule has 2 N–H and O–H groups in total. The molecule has 0 amide bonds. The molecule has 0 radical (unpaired) electrons. The van der Waals surface area contributed by atoms with Gasteiger partial charge in [-0.2, -0.15) is 0 Å². The summed E-state index contributed by atoms with van der Waals surface area (Å²) >= 11 is 0. The molecule has 108 valence electrons. The average molecular weight is 272 g/mol. The Kier molecular flexibility index (Phi) is 14.5. The Morgan fingerprint density at radius 1 is 1.26 bits per heavy atom. The number of ether oxygens (including phenoxy) is 2. The highest BCUT2D eigenvalue weighted by Gasteiger charge is 2.21. The highest BCUT2D eigenvalue weighted by molar-refractivity contribution is 5.78. The molecule has 6 nitrogen and oxygen atoms in total. The van der Waals surface area contributed by atoms with Gasteiger partial charge in [-0.15, -0.1) is 13.2 Å². The molecule has 0 aromatic rings. The molecular formula is C13H20O6. The normalized spacial score (nSPS) is 14.6. The van der Waals surface area contributed by atoms with Crippen LogP contribution in [0.5, 0.6) is 0 Å². The van der Waals surface area contributed by atoms with E-state index in [-0.39, 0.29) is 6.42 Å². The Morgan fingerprint density at radius 3 is 2.00 bits per heavy atom. The molecule has 1 saturated heterocycles. The lowest BCUT2D eigenvalue weighted by Gasteiger charge is -1.92. The van der Waals surface area contributed by atoms with Crippen LogP contribution in [-0.2, 0) is 19.1 Å². The third-order valence-electron chi connectivity index (χ3n) is 1.44. The highest BCUT2D eigenvalue weighted by atomic mass is 16.6. The molecule has 1 unspecified atom stereocenters. The number of rotatable bonds is 7. The number of aliphatic carboxylic acids is 2. The van der Waals surface area contributed by atoms with Crippen molar-refractivity contribution in [3.8, 4) is 0 Å². The van der Waals surface area contributed by atoms with Gasteiger partial charge in [-0.1, -0.05) is 18.7 Å². The van der Waals surface area contributed by atoms with Crippen LogP contribution in [-0.4, -0.2) is 48.1 Å². The lowest BCUT2D eigenvalue weighted by Crippen LogP contribution is -2.00. The molecule has 1 aliphatic rings. The smallest absolute Gasteiger partial charge is 0.327 e. The van der Waals surface area contributed by atoms with Gasteiger partial charge in [0.25, 0.3) is 0 Å². The van der Waals surface area contributed by atoms with Gasteiger partial charge in [-0.3, -0.25) is 4.79 Å². The molecule has 0 spiro atoms. The molecule has 6 heteroatoms. The van der Waals surface area contributed by atoms with Gasteiger partial charge in [0.15, 0.2) is 0 Å². The number of carbonyl (C=O) groups is 2. The van der Waals surface area contributed by atoms with Gasteiger partial charge >= 0.3 is 11.9 Å². The largest absolute Gasteiger partial charge is 0.481 e. The SMILES string of the molecule is C=CC(=O)O.C=CCC(=O)O.C=CCOCC1CO1. The van der Waals surface area contributed by atoms with E-state index in [0.29, 0.717) is 12.7 Å². The third kappa shape index (κ3) is 26.0. The second-order valence-electron chi connectivity index (χ2n) is 3.21. The van der Waals surface area contributed by atoms with Crippen molar-refractivity contribution < 1.29 is 29.3 Å². The lowest BCUT2D eigenvalue weighted by molar-refractivity contribution is -0.136. The highest BCUT2D eigenvalue weighted by Crippen LogP contribution is 2.07. The number of hydrogen-bond acceptors (Lipinski definition) is 4. The standard InChI is InChI=1S/C6H10O2.C4H6O2.C3H4O2/c1-2-3-7-4-6-5-8-6;1-2-3-4(5)6;1-2-3(4)5/h2,6H,1,3-5H2;2H,1,3H2,(H,5,6);2H,1H2,(H,4,5). The van der Waals surface area contributed by atoms with E-state index in [1.165, 1.54) is 6.08 Å². The maximum atomic E-state index is 9.53. The van der Waals surface area contributed by atoms with E-state index in [1.54, 1.807) is 6.08 Å². The second kappa shape index (κ2) is 14.1. The summed E-state index contributed by atoms with van der Waals surface area (Å²) in [5.74, 6) is -1.81. The van der Waals surface area contributed by atoms with E-state index in [0.717, 1.165) is 19.3 Å². The summed E-state index contributed by atoms with van der Waals surface area (Å²) in [6.07, 6.45) is 4.36.